The highest BCUT2D eigenvalue weighted by molar-refractivity contribution is 8.00. The molecule has 10 rings (SSSR count). The molecule has 2 aromatic carbocycles. The van der Waals surface area contributed by atoms with Gasteiger partial charge in [-0.05, 0) is 112 Å². The minimum absolute atomic E-state index is 0.0449. The average Bonchev–Trinajstić information content (AvgIpc) is 3.36. The minimum atomic E-state index is -1.58. The lowest BCUT2D eigenvalue weighted by Gasteiger charge is -2.60. The van der Waals surface area contributed by atoms with Crippen LogP contribution in [0.1, 0.15) is 104 Å². The lowest BCUT2D eigenvalue weighted by molar-refractivity contribution is -0.176. The number of esters is 1. The molecule has 5 aliphatic heterocycles. The highest BCUT2D eigenvalue weighted by Crippen LogP contribution is 2.73. The normalized spacial score (nSPS) is 28.1. The van der Waals surface area contributed by atoms with E-state index in [9.17, 15) is 19.5 Å². The number of carbonyl (C=O) groups excluding carboxylic acids is 4. The number of Topliss-reactive ketones (excluding diaryl/α,β-unsaturated/α-hetero) is 1. The van der Waals surface area contributed by atoms with Gasteiger partial charge in [-0.1, -0.05) is 41.5 Å². The Hall–Kier alpha value is -5.15. The molecular weight excluding hydrogens is 881 g/mol. The second kappa shape index (κ2) is 18.0. The number of carbonyl (C=O) groups is 4. The highest BCUT2D eigenvalue weighted by atomic mass is 32.2. The van der Waals surface area contributed by atoms with E-state index in [4.69, 9.17) is 18.9 Å². The largest absolute Gasteiger partial charge is 0.482 e. The zero-order chi connectivity index (χ0) is 48.5. The van der Waals surface area contributed by atoms with E-state index in [2.05, 4.69) is 54.5 Å². The summed E-state index contributed by atoms with van der Waals surface area (Å²) in [6.45, 7) is 18.4. The zero-order valence-corrected chi connectivity index (χ0v) is 41.7. The van der Waals surface area contributed by atoms with E-state index in [-0.39, 0.29) is 48.8 Å². The number of benzene rings is 2. The van der Waals surface area contributed by atoms with E-state index in [1.807, 2.05) is 65.1 Å². The molecule has 8 aliphatic rings. The van der Waals surface area contributed by atoms with Crippen LogP contribution in [0.3, 0.4) is 0 Å². The summed E-state index contributed by atoms with van der Waals surface area (Å²) in [5.74, 6) is -1.12. The van der Waals surface area contributed by atoms with Crippen molar-refractivity contribution in [3.05, 3.63) is 87.6 Å². The molecule has 3 aliphatic carbocycles. The van der Waals surface area contributed by atoms with Gasteiger partial charge in [0.05, 0.1) is 34.7 Å². The number of nitrogens with one attached hydrogen (secondary N) is 2. The van der Waals surface area contributed by atoms with Gasteiger partial charge < -0.3 is 44.5 Å². The number of ether oxygens (including phenoxy) is 4. The van der Waals surface area contributed by atoms with E-state index >= 15 is 4.79 Å². The second-order valence-electron chi connectivity index (χ2n) is 20.8. The van der Waals surface area contributed by atoms with E-state index in [1.165, 1.54) is 5.57 Å². The van der Waals surface area contributed by atoms with Gasteiger partial charge in [-0.3, -0.25) is 19.2 Å². The van der Waals surface area contributed by atoms with Crippen LogP contribution in [-0.4, -0.2) is 113 Å². The Morgan fingerprint density at radius 2 is 1.72 bits per heavy atom. The second-order valence-corrected chi connectivity index (χ2v) is 22.0. The molecule has 4 bridgehead atoms. The number of hydrogen-bond acceptors (Lipinski definition) is 12. The predicted octanol–water partition coefficient (Wildman–Crippen LogP) is 7.82. The molecule has 13 nitrogen and oxygen atoms in total. The molecule has 362 valence electrons. The lowest BCUT2D eigenvalue weighted by atomic mass is 9.49. The molecular formula is C54H66N4O9S. The summed E-state index contributed by atoms with van der Waals surface area (Å²) in [6.07, 6.45) is 12.0. The van der Waals surface area contributed by atoms with Gasteiger partial charge in [0.25, 0.3) is 0 Å². The molecule has 2 saturated heterocycles. The average molecular weight is 947 g/mol. The number of piperazine rings is 1. The standard InChI is InChI=1S/C54H66N4O9S/c1-31(2)13-12-20-52(8)21-19-35-45(65-52)34(17-16-32(3)4)47-42(46(35)64-41(61)30-40(60)58-26-24-57(9)25-27-58)44-43-48(68-38-15-11-10-14-37(38)56-44)36-29-39-51(6,7)67-53(49(36)62,54(39,43)66-47)22-18-33(5)50(63)55-23-28-59/h10-11,13-16,18-19,21,36,39,48,56,59H,12,17,20,22-30H2,1-9H3,(H,55,63)/b33-18-. The van der Waals surface area contributed by atoms with Crippen molar-refractivity contribution in [3.63, 3.8) is 0 Å². The molecule has 2 aromatic rings. The summed E-state index contributed by atoms with van der Waals surface area (Å²) in [4.78, 5) is 62.2. The van der Waals surface area contributed by atoms with Gasteiger partial charge in [-0.25, -0.2) is 0 Å². The number of thioether (sulfide) groups is 1. The maximum absolute atomic E-state index is 15.7. The molecule has 3 saturated carbocycles. The van der Waals surface area contributed by atoms with Crippen LogP contribution in [-0.2, 0) is 30.3 Å². The van der Waals surface area contributed by atoms with Gasteiger partial charge in [0.15, 0.2) is 22.7 Å². The number of hydrogen-bond donors (Lipinski definition) is 3. The monoisotopic (exact) mass is 946 g/mol. The van der Waals surface area contributed by atoms with Crippen molar-refractivity contribution in [1.82, 2.24) is 15.1 Å². The molecule has 0 aromatic heterocycles. The number of rotatable bonds is 13. The predicted molar refractivity (Wildman–Crippen MR) is 264 cm³/mol. The van der Waals surface area contributed by atoms with Crippen molar-refractivity contribution < 1.29 is 43.2 Å². The third-order valence-electron chi connectivity index (χ3n) is 15.0. The first-order valence-electron chi connectivity index (χ1n) is 24.1. The van der Waals surface area contributed by atoms with Crippen molar-refractivity contribution in [2.75, 3.05) is 51.7 Å². The minimum Gasteiger partial charge on any atom is -0.482 e. The first kappa shape index (κ1) is 47.9. The summed E-state index contributed by atoms with van der Waals surface area (Å²) in [5.41, 5.74) is 2.22. The van der Waals surface area contributed by atoms with Crippen LogP contribution < -0.4 is 24.8 Å². The Balaban J connectivity index is 1.31. The van der Waals surface area contributed by atoms with Gasteiger partial charge in [0.1, 0.15) is 23.5 Å². The molecule has 5 fully saturated rings. The molecule has 14 heteroatoms. The first-order valence-corrected chi connectivity index (χ1v) is 25.0. The smallest absolute Gasteiger partial charge is 0.320 e. The van der Waals surface area contributed by atoms with Crippen molar-refractivity contribution in [1.29, 1.82) is 0 Å². The Bertz CT molecular complexity index is 2610. The molecule has 6 atom stereocenters. The Kier molecular flexibility index (Phi) is 12.7. The highest BCUT2D eigenvalue weighted by Gasteiger charge is 2.83. The number of likely N-dealkylation sites (N-methyl/N-ethyl adjacent to an activating group) is 1. The molecule has 68 heavy (non-hydrogen) atoms. The van der Waals surface area contributed by atoms with E-state index in [0.717, 1.165) is 33.7 Å². The van der Waals surface area contributed by atoms with E-state index in [1.54, 1.807) is 29.7 Å². The maximum atomic E-state index is 15.7. The number of ketones is 1. The van der Waals surface area contributed by atoms with E-state index in [0.29, 0.717) is 79.3 Å². The Labute approximate surface area is 404 Å². The Morgan fingerprint density at radius 3 is 2.44 bits per heavy atom. The van der Waals surface area contributed by atoms with Gasteiger partial charge in [0, 0.05) is 77.8 Å². The van der Waals surface area contributed by atoms with E-state index < -0.39 is 46.0 Å². The number of aliphatic hydroxyl groups excluding tert-OH is 1. The summed E-state index contributed by atoms with van der Waals surface area (Å²) in [5, 5.41) is 15.7. The molecule has 3 N–H and O–H groups in total. The van der Waals surface area contributed by atoms with Gasteiger partial charge in [-0.15, -0.1) is 11.8 Å². The quantitative estimate of drug-likeness (QED) is 0.0590. The molecule has 1 spiro atoms. The lowest BCUT2D eigenvalue weighted by Crippen LogP contribution is -2.75. The van der Waals surface area contributed by atoms with Crippen LogP contribution in [0, 0.1) is 11.8 Å². The number of para-hydroxylation sites is 1. The van der Waals surface area contributed by atoms with Crippen LogP contribution in [0.15, 0.2) is 75.8 Å². The number of nitrogens with zero attached hydrogens (tertiary/aromatic N) is 2. The first-order chi connectivity index (χ1) is 32.3. The number of aliphatic hydroxyl groups is 1. The third-order valence-corrected chi connectivity index (χ3v) is 16.4. The van der Waals surface area contributed by atoms with Gasteiger partial charge in [0.2, 0.25) is 11.8 Å². The van der Waals surface area contributed by atoms with Crippen molar-refractivity contribution >= 4 is 52.8 Å². The van der Waals surface area contributed by atoms with Crippen molar-refractivity contribution in [2.24, 2.45) is 11.8 Å². The molecule has 2 amide bonds. The number of anilines is 1. The van der Waals surface area contributed by atoms with Gasteiger partial charge in [-0.2, -0.15) is 0 Å². The third kappa shape index (κ3) is 8.02. The van der Waals surface area contributed by atoms with Crippen molar-refractivity contribution in [2.45, 2.75) is 126 Å². The van der Waals surface area contributed by atoms with Gasteiger partial charge >= 0.3 is 5.97 Å². The molecule has 6 unspecified atom stereocenters. The van der Waals surface area contributed by atoms with Crippen molar-refractivity contribution in [3.8, 4) is 17.2 Å². The number of allylic oxidation sites excluding steroid dienone is 4. The fourth-order valence-electron chi connectivity index (χ4n) is 11.5. The summed E-state index contributed by atoms with van der Waals surface area (Å²) >= 11 is 1.63. The van der Waals surface area contributed by atoms with Crippen LogP contribution in [0.2, 0.25) is 0 Å². The fourth-order valence-corrected chi connectivity index (χ4v) is 13.0. The SMILES string of the molecule is CC(C)=CCCC1(C)C=Cc2c(c(CC=C(C)C)c3c(c2OC(=O)CC(=O)N2CCN(C)CC2)C2=C4C(Sc5ccccc5N2)C2CC5C(C)(C)OC(C/C=C(/C)C(=O)NCCO)(C2=O)C45O3)O1. The molecule has 5 heterocycles. The number of fused-ring (bicyclic) bond motifs is 4. The summed E-state index contributed by atoms with van der Waals surface area (Å²) in [6, 6.07) is 8.03. The van der Waals surface area contributed by atoms with Crippen LogP contribution in [0.5, 0.6) is 17.2 Å². The molecule has 0 radical (unpaired) electrons. The number of amides is 2. The topological polar surface area (TPSA) is 156 Å². The zero-order valence-electron chi connectivity index (χ0n) is 40.9. The van der Waals surface area contributed by atoms with Crippen LogP contribution >= 0.6 is 11.8 Å². The maximum Gasteiger partial charge on any atom is 0.320 e. The summed E-state index contributed by atoms with van der Waals surface area (Å²) < 4.78 is 29.1. The van der Waals surface area contributed by atoms with Crippen LogP contribution in [0.25, 0.3) is 11.8 Å². The van der Waals surface area contributed by atoms with Crippen LogP contribution in [0.4, 0.5) is 5.69 Å². The summed E-state index contributed by atoms with van der Waals surface area (Å²) in [7, 11) is 2.02. The Morgan fingerprint density at radius 1 is 0.985 bits per heavy atom. The fraction of sp³-hybridized carbons (Fsp3) is 0.519.